The summed E-state index contributed by atoms with van der Waals surface area (Å²) in [5, 5.41) is 2.11. The number of carbonyl (C=O) groups is 3. The van der Waals surface area contributed by atoms with Gasteiger partial charge in [0.25, 0.3) is 0 Å². The van der Waals surface area contributed by atoms with Gasteiger partial charge in [-0.1, -0.05) is 46.9 Å². The average molecular weight is 815 g/mol. The summed E-state index contributed by atoms with van der Waals surface area (Å²) < 4.78 is 2.65. The third-order valence-corrected chi connectivity index (χ3v) is 10.4. The van der Waals surface area contributed by atoms with Crippen LogP contribution < -0.4 is 0 Å². The summed E-state index contributed by atoms with van der Waals surface area (Å²) in [5.41, 5.74) is 5.61. The van der Waals surface area contributed by atoms with Crippen LogP contribution >= 0.6 is 94.2 Å². The van der Waals surface area contributed by atoms with Crippen LogP contribution in [0.4, 0.5) is 0 Å². The summed E-state index contributed by atoms with van der Waals surface area (Å²) in [7, 11) is 0. The van der Waals surface area contributed by atoms with Crippen molar-refractivity contribution in [3.05, 3.63) is 98.8 Å². The number of ketones is 3. The molecule has 0 aliphatic heterocycles. The van der Waals surface area contributed by atoms with Crippen molar-refractivity contribution in [2.75, 3.05) is 5.88 Å². The van der Waals surface area contributed by atoms with Gasteiger partial charge in [-0.05, 0) is 119 Å². The Morgan fingerprint density at radius 2 is 1.32 bits per heavy atom. The van der Waals surface area contributed by atoms with Gasteiger partial charge in [-0.3, -0.25) is 14.4 Å². The molecule has 0 bridgehead atoms. The lowest BCUT2D eigenvalue weighted by Gasteiger charge is -2.16. The molecule has 0 unspecified atom stereocenters. The van der Waals surface area contributed by atoms with Crippen LogP contribution in [0.25, 0.3) is 0 Å². The monoisotopic (exact) mass is 810 g/mol. The van der Waals surface area contributed by atoms with E-state index in [0.717, 1.165) is 53.0 Å². The minimum Gasteiger partial charge on any atom is -0.299 e. The maximum absolute atomic E-state index is 11.3. The van der Waals surface area contributed by atoms with E-state index in [9.17, 15) is 14.4 Å². The van der Waals surface area contributed by atoms with Crippen LogP contribution in [0.2, 0.25) is 15.1 Å². The molecule has 0 spiro atoms. The van der Waals surface area contributed by atoms with Gasteiger partial charge in [-0.25, -0.2) is 0 Å². The van der Waals surface area contributed by atoms with E-state index in [2.05, 4.69) is 47.8 Å². The molecule has 3 nitrogen and oxygen atoms in total. The Kier molecular flexibility index (Phi) is 13.7. The number of rotatable bonds is 4. The Balaban J connectivity index is 0.000000165. The first-order valence-electron chi connectivity index (χ1n) is 12.5. The summed E-state index contributed by atoms with van der Waals surface area (Å²) in [6, 6.07) is 13.2. The van der Waals surface area contributed by atoms with Crippen LogP contribution in [0.5, 0.6) is 0 Å². The molecule has 0 saturated carbocycles. The highest BCUT2D eigenvalue weighted by molar-refractivity contribution is 9.11. The Hall–Kier alpha value is -0.730. The highest BCUT2D eigenvalue weighted by Gasteiger charge is 2.19. The number of fused-ring (bicyclic) bond motifs is 2. The van der Waals surface area contributed by atoms with Gasteiger partial charge in [0.1, 0.15) is 17.3 Å². The number of alkyl halides is 1. The van der Waals surface area contributed by atoms with Crippen LogP contribution in [0.15, 0.2) is 55.9 Å². The van der Waals surface area contributed by atoms with Crippen molar-refractivity contribution in [1.29, 1.82) is 0 Å². The lowest BCUT2D eigenvalue weighted by atomic mass is 9.91. The second-order valence-electron chi connectivity index (χ2n) is 9.37. The van der Waals surface area contributed by atoms with Crippen molar-refractivity contribution in [2.24, 2.45) is 0 Å². The molecule has 40 heavy (non-hydrogen) atoms. The van der Waals surface area contributed by atoms with Crippen LogP contribution in [0.3, 0.4) is 0 Å². The number of aryl methyl sites for hydroxylation is 1. The molecule has 0 saturated heterocycles. The Bertz CT molecular complexity index is 1420. The molecule has 0 fully saturated rings. The van der Waals surface area contributed by atoms with Crippen LogP contribution in [-0.2, 0) is 46.5 Å². The maximum Gasteiger partial charge on any atom is 0.138 e. The third kappa shape index (κ3) is 9.93. The van der Waals surface area contributed by atoms with Gasteiger partial charge in [-0.2, -0.15) is 0 Å². The predicted octanol–water partition coefficient (Wildman–Crippen LogP) is 10.2. The molecule has 5 rings (SSSR count). The SMILES string of the molecule is O=C(CCCl)Cc1ccc(Cl)c(Br)c1.O=C1CCc2c(ccc(Cl)c2Br)C1.O=C1CCc2cc(Cl)c(Br)cc2C1. The smallest absolute Gasteiger partial charge is 0.138 e. The molecule has 3 aromatic carbocycles. The highest BCUT2D eigenvalue weighted by atomic mass is 79.9. The Labute approximate surface area is 279 Å². The minimum atomic E-state index is 0.147. The topological polar surface area (TPSA) is 51.2 Å². The van der Waals surface area contributed by atoms with Crippen LogP contribution in [-0.4, -0.2) is 23.2 Å². The first kappa shape index (κ1) is 33.8. The van der Waals surface area contributed by atoms with E-state index < -0.39 is 0 Å². The number of Topliss-reactive ketones (excluding diaryl/α,β-unsaturated/α-hetero) is 3. The molecule has 2 aliphatic rings. The van der Waals surface area contributed by atoms with Crippen LogP contribution in [0.1, 0.15) is 47.1 Å². The molecule has 0 radical (unpaired) electrons. The first-order chi connectivity index (χ1) is 19.0. The zero-order valence-electron chi connectivity index (χ0n) is 21.3. The van der Waals surface area contributed by atoms with Crippen molar-refractivity contribution in [1.82, 2.24) is 0 Å². The van der Waals surface area contributed by atoms with Crippen molar-refractivity contribution in [2.45, 2.75) is 51.4 Å². The van der Waals surface area contributed by atoms with E-state index in [1.54, 1.807) is 6.07 Å². The van der Waals surface area contributed by atoms with Gasteiger partial charge in [-0.15, -0.1) is 11.6 Å². The number of benzene rings is 3. The molecule has 0 N–H and O–H groups in total. The predicted molar refractivity (Wildman–Crippen MR) is 176 cm³/mol. The largest absolute Gasteiger partial charge is 0.299 e. The number of hydrogen-bond acceptors (Lipinski definition) is 3. The lowest BCUT2D eigenvalue weighted by Crippen LogP contribution is -2.13. The van der Waals surface area contributed by atoms with Crippen molar-refractivity contribution in [3.63, 3.8) is 0 Å². The van der Waals surface area contributed by atoms with Gasteiger partial charge in [0.15, 0.2) is 0 Å². The standard InChI is InChI=1S/C10H9BrCl2O.2C10H8BrClO/c11-9-6-7(1-2-10(9)13)5-8(14)3-4-12;11-10-8-3-2-7(13)5-6(8)1-4-9(10)12;11-9-4-7-3-8(13)2-1-6(7)5-10(9)12/h1-2,6H,3-5H2;1,4H,2-3,5H2;4-5H,1-3H2. The Morgan fingerprint density at radius 3 is 2.00 bits per heavy atom. The van der Waals surface area contributed by atoms with E-state index in [1.807, 2.05) is 36.4 Å². The molecule has 0 aromatic heterocycles. The van der Waals surface area contributed by atoms with E-state index in [1.165, 1.54) is 11.1 Å². The zero-order valence-corrected chi connectivity index (χ0v) is 29.1. The molecule has 212 valence electrons. The molecule has 0 heterocycles. The molecule has 10 heteroatoms. The fraction of sp³-hybridized carbons (Fsp3) is 0.300. The summed E-state index contributed by atoms with van der Waals surface area (Å²) in [4.78, 5) is 33.6. The molecule has 0 atom stereocenters. The summed E-state index contributed by atoms with van der Waals surface area (Å²) in [6.07, 6.45) is 4.91. The van der Waals surface area contributed by atoms with E-state index in [0.29, 0.717) is 61.0 Å². The fourth-order valence-electron chi connectivity index (χ4n) is 4.31. The van der Waals surface area contributed by atoms with Crippen molar-refractivity contribution < 1.29 is 14.4 Å². The van der Waals surface area contributed by atoms with Crippen molar-refractivity contribution >= 4 is 112 Å². The van der Waals surface area contributed by atoms with E-state index in [4.69, 9.17) is 46.4 Å². The van der Waals surface area contributed by atoms with Crippen molar-refractivity contribution in [3.8, 4) is 0 Å². The highest BCUT2D eigenvalue weighted by Crippen LogP contribution is 2.33. The molecular weight excluding hydrogens is 790 g/mol. The normalized spacial score (nSPS) is 13.8. The summed E-state index contributed by atoms with van der Waals surface area (Å²) >= 11 is 33.3. The average Bonchev–Trinajstić information content (AvgIpc) is 2.90. The van der Waals surface area contributed by atoms with Gasteiger partial charge in [0.2, 0.25) is 0 Å². The second-order valence-corrected chi connectivity index (χ2v) is 13.5. The number of hydrogen-bond donors (Lipinski definition) is 0. The molecular formula is C30H25Br3Cl4O3. The fourth-order valence-corrected chi connectivity index (χ4v) is 6.40. The summed E-state index contributed by atoms with van der Waals surface area (Å²) in [6.45, 7) is 0. The van der Waals surface area contributed by atoms with Gasteiger partial charge in [0.05, 0.1) is 15.1 Å². The summed E-state index contributed by atoms with van der Waals surface area (Å²) in [5.74, 6) is 1.17. The maximum atomic E-state index is 11.3. The van der Waals surface area contributed by atoms with Gasteiger partial charge in [0, 0.05) is 57.8 Å². The number of halogens is 7. The Morgan fingerprint density at radius 1 is 0.700 bits per heavy atom. The van der Waals surface area contributed by atoms with E-state index >= 15 is 0 Å². The van der Waals surface area contributed by atoms with Crippen LogP contribution in [0, 0.1) is 0 Å². The quantitative estimate of drug-likeness (QED) is 0.247. The molecule has 0 amide bonds. The van der Waals surface area contributed by atoms with Gasteiger partial charge < -0.3 is 0 Å². The molecule has 2 aliphatic carbocycles. The van der Waals surface area contributed by atoms with Gasteiger partial charge >= 0.3 is 0 Å². The minimum absolute atomic E-state index is 0.147. The van der Waals surface area contributed by atoms with E-state index in [-0.39, 0.29) is 5.78 Å². The molecule has 3 aromatic rings. The zero-order chi connectivity index (χ0) is 29.4. The second kappa shape index (κ2) is 16.2. The lowest BCUT2D eigenvalue weighted by molar-refractivity contribution is -0.119. The first-order valence-corrected chi connectivity index (χ1v) is 16.5. The number of carbonyl (C=O) groups excluding carboxylic acids is 3. The third-order valence-electron chi connectivity index (χ3n) is 6.40.